The number of aromatic nitrogens is 2. The Hall–Kier alpha value is -1.25. The summed E-state index contributed by atoms with van der Waals surface area (Å²) in [4.78, 5) is 27.5. The van der Waals surface area contributed by atoms with Crippen molar-refractivity contribution in [3.63, 3.8) is 0 Å². The van der Waals surface area contributed by atoms with E-state index >= 15 is 0 Å². The molecule has 0 saturated heterocycles. The number of rotatable bonds is 25. The normalized spacial score (nSPS) is 21.3. The Morgan fingerprint density at radius 2 is 1.16 bits per heavy atom. The Bertz CT molecular complexity index is 902. The van der Waals surface area contributed by atoms with Gasteiger partial charge in [0.2, 0.25) is 0 Å². The van der Waals surface area contributed by atoms with Crippen molar-refractivity contribution in [1.29, 1.82) is 0 Å². The first-order chi connectivity index (χ1) is 23.9. The number of ether oxygens (including phenoxy) is 2. The third-order valence-corrected chi connectivity index (χ3v) is 10.7. The summed E-state index contributed by atoms with van der Waals surface area (Å²) in [6, 6.07) is 0. The van der Waals surface area contributed by atoms with Crippen molar-refractivity contribution in [3.05, 3.63) is 39.5 Å². The van der Waals surface area contributed by atoms with Gasteiger partial charge in [-0.15, -0.1) is 0 Å². The maximum Gasteiger partial charge on any atom is 1.00 e. The van der Waals surface area contributed by atoms with Crippen molar-refractivity contribution in [2.24, 2.45) is 23.2 Å². The Labute approximate surface area is 321 Å². The predicted octanol–water partition coefficient (Wildman–Crippen LogP) is 8.88. The fourth-order valence-corrected chi connectivity index (χ4v) is 8.58. The maximum atomic E-state index is 12.2. The van der Waals surface area contributed by atoms with E-state index in [9.17, 15) is 9.59 Å². The molecule has 4 bridgehead atoms. The molecule has 0 atom stereocenters. The molecule has 5 rings (SSSR count). The second kappa shape index (κ2) is 30.2. The van der Waals surface area contributed by atoms with Crippen LogP contribution in [0.5, 0.6) is 0 Å². The van der Waals surface area contributed by atoms with Gasteiger partial charge in [-0.2, -0.15) is 19.3 Å². The number of carbonyl (C=O) groups excluding carboxylic acids is 2. The first kappa shape index (κ1) is 46.8. The average Bonchev–Trinajstić information content (AvgIpc) is 3.59. The van der Waals surface area contributed by atoms with Gasteiger partial charge in [0.15, 0.2) is 0 Å². The molecule has 0 spiro atoms. The quantitative estimate of drug-likeness (QED) is 0.0444. The van der Waals surface area contributed by atoms with E-state index in [1.165, 1.54) is 116 Å². The summed E-state index contributed by atoms with van der Waals surface area (Å²) in [7, 11) is 0. The van der Waals surface area contributed by atoms with Crippen LogP contribution in [0, 0.1) is 43.9 Å². The van der Waals surface area contributed by atoms with Gasteiger partial charge in [0, 0.05) is 18.8 Å². The zero-order chi connectivity index (χ0) is 35.4. The molecular weight excluding hydrogens is 615 g/mol. The third-order valence-electron chi connectivity index (χ3n) is 10.7. The Morgan fingerprint density at radius 3 is 1.64 bits per heavy atom. The van der Waals surface area contributed by atoms with E-state index in [0.29, 0.717) is 31.5 Å². The van der Waals surface area contributed by atoms with Crippen LogP contribution in [0.4, 0.5) is 0 Å². The molecule has 4 saturated carbocycles. The average molecular weight is 691 g/mol. The van der Waals surface area contributed by atoms with Gasteiger partial charge in [0.1, 0.15) is 0 Å². The molecular formula is C43H75LiN2O4-2. The van der Waals surface area contributed by atoms with E-state index in [1.807, 2.05) is 10.8 Å². The van der Waals surface area contributed by atoms with Gasteiger partial charge in [-0.1, -0.05) is 90.4 Å². The summed E-state index contributed by atoms with van der Waals surface area (Å²) >= 11 is 0. The molecule has 0 radical (unpaired) electrons. The minimum atomic E-state index is -0.0133. The van der Waals surface area contributed by atoms with E-state index in [4.69, 9.17) is 9.47 Å². The van der Waals surface area contributed by atoms with Gasteiger partial charge in [-0.05, 0) is 87.5 Å². The molecule has 4 aliphatic carbocycles. The van der Waals surface area contributed by atoms with Gasteiger partial charge >= 0.3 is 30.8 Å². The number of imidazole rings is 1. The predicted molar refractivity (Wildman–Crippen MR) is 203 cm³/mol. The SMILES string of the molecule is [CH2-]CCCCCCC(=O)OCCCCCCCCC.[CH2-]CCCCCCCOC(=O)CC12CC3CC(CC(C3)C1)C2.[CH2-]CCn1ccnc1.[Li+]. The Balaban J connectivity index is 0.000000407. The van der Waals surface area contributed by atoms with Gasteiger partial charge < -0.3 is 34.8 Å². The van der Waals surface area contributed by atoms with Crippen LogP contribution in [0.25, 0.3) is 0 Å². The number of hydrogen-bond donors (Lipinski definition) is 0. The van der Waals surface area contributed by atoms with Crippen LogP contribution in [0.3, 0.4) is 0 Å². The van der Waals surface area contributed by atoms with E-state index < -0.39 is 0 Å². The molecule has 1 aromatic heterocycles. The summed E-state index contributed by atoms with van der Waals surface area (Å²) in [5.74, 6) is 2.84. The minimum Gasteiger partial charge on any atom is -0.466 e. The van der Waals surface area contributed by atoms with Gasteiger partial charge in [0.25, 0.3) is 0 Å². The minimum absolute atomic E-state index is 0. The van der Waals surface area contributed by atoms with Crippen molar-refractivity contribution in [2.75, 3.05) is 13.2 Å². The van der Waals surface area contributed by atoms with Crippen molar-refractivity contribution in [3.8, 4) is 0 Å². The van der Waals surface area contributed by atoms with Crippen LogP contribution < -0.4 is 18.9 Å². The van der Waals surface area contributed by atoms with Gasteiger partial charge in [-0.3, -0.25) is 9.59 Å². The van der Waals surface area contributed by atoms with Crippen LogP contribution >= 0.6 is 0 Å². The second-order valence-corrected chi connectivity index (χ2v) is 15.4. The molecule has 0 aliphatic heterocycles. The molecule has 4 fully saturated rings. The Kier molecular flexibility index (Phi) is 28.3. The molecule has 50 heavy (non-hydrogen) atoms. The van der Waals surface area contributed by atoms with E-state index in [-0.39, 0.29) is 30.8 Å². The summed E-state index contributed by atoms with van der Waals surface area (Å²) in [5, 5.41) is 0. The monoisotopic (exact) mass is 691 g/mol. The number of nitrogens with zero attached hydrogens (tertiary/aromatic N) is 2. The number of aryl methyl sites for hydroxylation is 1. The zero-order valence-electron chi connectivity index (χ0n) is 32.8. The van der Waals surface area contributed by atoms with Crippen molar-refractivity contribution in [2.45, 2.75) is 187 Å². The summed E-state index contributed by atoms with van der Waals surface area (Å²) < 4.78 is 12.8. The van der Waals surface area contributed by atoms with Crippen LogP contribution in [-0.2, 0) is 25.6 Å². The van der Waals surface area contributed by atoms with Crippen molar-refractivity contribution in [1.82, 2.24) is 9.55 Å². The second-order valence-electron chi connectivity index (χ2n) is 15.4. The topological polar surface area (TPSA) is 70.4 Å². The third kappa shape index (κ3) is 22.0. The van der Waals surface area contributed by atoms with Crippen LogP contribution in [0.15, 0.2) is 18.7 Å². The first-order valence-corrected chi connectivity index (χ1v) is 20.6. The fourth-order valence-electron chi connectivity index (χ4n) is 8.58. The Morgan fingerprint density at radius 1 is 0.680 bits per heavy atom. The van der Waals surface area contributed by atoms with Crippen LogP contribution in [0.2, 0.25) is 0 Å². The summed E-state index contributed by atoms with van der Waals surface area (Å²) in [5.41, 5.74) is 0.333. The number of carbonyl (C=O) groups is 2. The largest absolute Gasteiger partial charge is 1.00 e. The number of esters is 2. The summed E-state index contributed by atoms with van der Waals surface area (Å²) in [6.07, 6.45) is 37.3. The number of unbranched alkanes of at least 4 members (excludes halogenated alkanes) is 15. The van der Waals surface area contributed by atoms with Gasteiger partial charge in [0.05, 0.1) is 26.0 Å². The molecule has 1 heterocycles. The standard InChI is InChI=1S/C20H33O2.C17H33O2.C6H9N2.Li/c1-2-3-4-5-6-7-8-22-19(21)15-20-12-16-9-17(13-20)11-18(10-16)14-20;1-3-5-7-9-10-12-14-16-19-17(18)15-13-11-8-6-4-2;1-2-4-8-5-3-7-6-8;/h16-18H,1-15H2;2-16H2,1H3;3,5-6H,1-2,4H2;/q3*-1;+1. The maximum absolute atomic E-state index is 12.2. The van der Waals surface area contributed by atoms with Crippen molar-refractivity contribution >= 4 is 11.9 Å². The smallest absolute Gasteiger partial charge is 0.466 e. The van der Waals surface area contributed by atoms with Crippen molar-refractivity contribution < 1.29 is 37.9 Å². The zero-order valence-corrected chi connectivity index (χ0v) is 32.8. The molecule has 0 amide bonds. The fraction of sp³-hybridized carbons (Fsp3) is 0.814. The molecule has 7 heteroatoms. The molecule has 0 unspecified atom stereocenters. The molecule has 0 N–H and O–H groups in total. The molecule has 0 aromatic carbocycles. The van der Waals surface area contributed by atoms with Gasteiger partial charge in [-0.25, -0.2) is 4.98 Å². The summed E-state index contributed by atoms with van der Waals surface area (Å²) in [6.45, 7) is 15.8. The number of hydrogen-bond acceptors (Lipinski definition) is 5. The van der Waals surface area contributed by atoms with Crippen LogP contribution in [-0.4, -0.2) is 34.7 Å². The molecule has 4 aliphatic rings. The van der Waals surface area contributed by atoms with E-state index in [0.717, 1.165) is 69.2 Å². The molecule has 284 valence electrons. The first-order valence-electron chi connectivity index (χ1n) is 20.6. The van der Waals surface area contributed by atoms with E-state index in [1.54, 1.807) is 12.5 Å². The van der Waals surface area contributed by atoms with Crippen LogP contribution in [0.1, 0.15) is 180 Å². The molecule has 1 aromatic rings. The molecule has 6 nitrogen and oxygen atoms in total. The van der Waals surface area contributed by atoms with E-state index in [2.05, 4.69) is 32.7 Å².